The van der Waals surface area contributed by atoms with E-state index in [1.54, 1.807) is 0 Å². The van der Waals surface area contributed by atoms with E-state index in [0.29, 0.717) is 13.0 Å². The average Bonchev–Trinajstić information content (AvgIpc) is 2.49. The number of carboxylic acid groups (broad SMARTS) is 1. The van der Waals surface area contributed by atoms with E-state index in [-0.39, 0.29) is 18.2 Å². The fraction of sp³-hybridized carbons (Fsp3) is 0.467. The first kappa shape index (κ1) is 17.9. The molecule has 9 heteroatoms. The summed E-state index contributed by atoms with van der Waals surface area (Å²) in [5.41, 5.74) is 0.0595. The number of benzene rings is 1. The van der Waals surface area contributed by atoms with Crippen LogP contribution in [0.1, 0.15) is 13.3 Å². The standard InChI is InChI=1S/C15H17F3N2O4/c1-8-4-9(13(21)22)7-20(6-8)15(23)19-10-2-3-12(11(16)5-10)24-14(17)18/h2-3,5,8-9,14H,4,6-7H2,1H3,(H,19,23)(H,21,22). The number of urea groups is 1. The maximum atomic E-state index is 13.6. The molecule has 0 radical (unpaired) electrons. The van der Waals surface area contributed by atoms with E-state index in [1.807, 2.05) is 6.92 Å². The van der Waals surface area contributed by atoms with E-state index in [4.69, 9.17) is 5.11 Å². The summed E-state index contributed by atoms with van der Waals surface area (Å²) in [6, 6.07) is 2.49. The number of ether oxygens (including phenoxy) is 1. The number of alkyl halides is 2. The molecule has 2 amide bonds. The first-order valence-corrected chi connectivity index (χ1v) is 7.29. The number of anilines is 1. The molecule has 0 spiro atoms. The Morgan fingerprint density at radius 1 is 1.38 bits per heavy atom. The Bertz CT molecular complexity index is 627. The van der Waals surface area contributed by atoms with Gasteiger partial charge < -0.3 is 20.1 Å². The molecule has 2 rings (SSSR count). The minimum atomic E-state index is -3.15. The van der Waals surface area contributed by atoms with Gasteiger partial charge in [0.1, 0.15) is 0 Å². The Balaban J connectivity index is 2.03. The van der Waals surface area contributed by atoms with E-state index < -0.39 is 36.1 Å². The molecule has 0 aliphatic carbocycles. The van der Waals surface area contributed by atoms with Crippen molar-refractivity contribution in [2.24, 2.45) is 11.8 Å². The predicted octanol–water partition coefficient (Wildman–Crippen LogP) is 3.00. The van der Waals surface area contributed by atoms with Crippen LogP contribution >= 0.6 is 0 Å². The fourth-order valence-corrected chi connectivity index (χ4v) is 2.67. The molecule has 1 aromatic carbocycles. The summed E-state index contributed by atoms with van der Waals surface area (Å²) >= 11 is 0. The normalized spacial score (nSPS) is 20.8. The molecule has 1 aliphatic heterocycles. The highest BCUT2D eigenvalue weighted by molar-refractivity contribution is 5.89. The Labute approximate surface area is 136 Å². The number of halogens is 3. The molecule has 2 unspecified atom stereocenters. The number of hydrogen-bond donors (Lipinski definition) is 2. The van der Waals surface area contributed by atoms with Gasteiger partial charge in [-0.05, 0) is 24.5 Å². The molecule has 24 heavy (non-hydrogen) atoms. The molecule has 132 valence electrons. The van der Waals surface area contributed by atoms with Crippen molar-refractivity contribution in [3.05, 3.63) is 24.0 Å². The number of rotatable bonds is 4. The zero-order valence-corrected chi connectivity index (χ0v) is 12.8. The van der Waals surface area contributed by atoms with Crippen LogP contribution in [0.2, 0.25) is 0 Å². The molecule has 0 saturated carbocycles. The summed E-state index contributed by atoms with van der Waals surface area (Å²) in [6.45, 7) is -0.876. The van der Waals surface area contributed by atoms with Crippen LogP contribution in [-0.4, -0.2) is 41.7 Å². The number of carboxylic acids is 1. The van der Waals surface area contributed by atoms with Gasteiger partial charge in [0.2, 0.25) is 0 Å². The molecule has 6 nitrogen and oxygen atoms in total. The molecular weight excluding hydrogens is 329 g/mol. The van der Waals surface area contributed by atoms with E-state index in [9.17, 15) is 22.8 Å². The second-order valence-corrected chi connectivity index (χ2v) is 5.73. The van der Waals surface area contributed by atoms with Gasteiger partial charge in [0.25, 0.3) is 0 Å². The van der Waals surface area contributed by atoms with Crippen molar-refractivity contribution < 1.29 is 32.6 Å². The number of nitrogens with zero attached hydrogens (tertiary/aromatic N) is 1. The van der Waals surface area contributed by atoms with Gasteiger partial charge in [0.15, 0.2) is 11.6 Å². The van der Waals surface area contributed by atoms with Gasteiger partial charge in [-0.25, -0.2) is 9.18 Å². The van der Waals surface area contributed by atoms with Crippen molar-refractivity contribution in [1.82, 2.24) is 4.90 Å². The van der Waals surface area contributed by atoms with Gasteiger partial charge in [-0.1, -0.05) is 6.92 Å². The fourth-order valence-electron chi connectivity index (χ4n) is 2.67. The van der Waals surface area contributed by atoms with Crippen molar-refractivity contribution in [3.63, 3.8) is 0 Å². The minimum absolute atomic E-state index is 0.0177. The Kier molecular flexibility index (Phi) is 5.53. The molecule has 1 fully saturated rings. The average molecular weight is 346 g/mol. The van der Waals surface area contributed by atoms with Crippen LogP contribution in [-0.2, 0) is 4.79 Å². The van der Waals surface area contributed by atoms with Crippen LogP contribution in [0.25, 0.3) is 0 Å². The number of amides is 2. The lowest BCUT2D eigenvalue weighted by Gasteiger charge is -2.34. The first-order chi connectivity index (χ1) is 11.3. The van der Waals surface area contributed by atoms with Crippen molar-refractivity contribution in [2.75, 3.05) is 18.4 Å². The van der Waals surface area contributed by atoms with Gasteiger partial charge in [0.05, 0.1) is 5.92 Å². The Hall–Kier alpha value is -2.45. The Morgan fingerprint density at radius 2 is 2.08 bits per heavy atom. The molecule has 0 aromatic heterocycles. The quantitative estimate of drug-likeness (QED) is 0.878. The zero-order valence-electron chi connectivity index (χ0n) is 12.8. The Morgan fingerprint density at radius 3 is 2.67 bits per heavy atom. The number of carbonyl (C=O) groups excluding carboxylic acids is 1. The summed E-state index contributed by atoms with van der Waals surface area (Å²) in [5, 5.41) is 11.5. The first-order valence-electron chi connectivity index (χ1n) is 7.29. The van der Waals surface area contributed by atoms with Gasteiger partial charge in [-0.2, -0.15) is 8.78 Å². The SMILES string of the molecule is CC1CC(C(=O)O)CN(C(=O)Nc2ccc(OC(F)F)c(F)c2)C1. The van der Waals surface area contributed by atoms with Crippen LogP contribution in [0.15, 0.2) is 18.2 Å². The molecule has 1 aromatic rings. The third-order valence-corrected chi connectivity index (χ3v) is 3.70. The monoisotopic (exact) mass is 346 g/mol. The molecule has 2 atom stereocenters. The van der Waals surface area contributed by atoms with Crippen LogP contribution in [0, 0.1) is 17.7 Å². The van der Waals surface area contributed by atoms with Crippen molar-refractivity contribution in [2.45, 2.75) is 20.0 Å². The van der Waals surface area contributed by atoms with Gasteiger partial charge in [0, 0.05) is 24.8 Å². The lowest BCUT2D eigenvalue weighted by atomic mass is 9.91. The van der Waals surface area contributed by atoms with E-state index >= 15 is 0 Å². The smallest absolute Gasteiger partial charge is 0.387 e. The van der Waals surface area contributed by atoms with Crippen LogP contribution in [0.5, 0.6) is 5.75 Å². The van der Waals surface area contributed by atoms with Crippen LogP contribution in [0.3, 0.4) is 0 Å². The highest BCUT2D eigenvalue weighted by Gasteiger charge is 2.32. The molecule has 1 aliphatic rings. The van der Waals surface area contributed by atoms with E-state index in [2.05, 4.69) is 10.1 Å². The zero-order chi connectivity index (χ0) is 17.9. The second kappa shape index (κ2) is 7.41. The van der Waals surface area contributed by atoms with Crippen molar-refractivity contribution in [1.29, 1.82) is 0 Å². The molecule has 2 N–H and O–H groups in total. The minimum Gasteiger partial charge on any atom is -0.481 e. The predicted molar refractivity (Wildman–Crippen MR) is 78.5 cm³/mol. The molecule has 1 saturated heterocycles. The third kappa shape index (κ3) is 4.53. The summed E-state index contributed by atoms with van der Waals surface area (Å²) in [5.74, 6) is -3.27. The highest BCUT2D eigenvalue weighted by atomic mass is 19.3. The van der Waals surface area contributed by atoms with Gasteiger partial charge in [-0.15, -0.1) is 0 Å². The number of aliphatic carboxylic acids is 1. The van der Waals surface area contributed by atoms with E-state index in [1.165, 1.54) is 11.0 Å². The second-order valence-electron chi connectivity index (χ2n) is 5.73. The van der Waals surface area contributed by atoms with E-state index in [0.717, 1.165) is 12.1 Å². The summed E-state index contributed by atoms with van der Waals surface area (Å²) < 4.78 is 41.8. The van der Waals surface area contributed by atoms with Crippen LogP contribution in [0.4, 0.5) is 23.7 Å². The summed E-state index contributed by atoms with van der Waals surface area (Å²) in [4.78, 5) is 24.7. The number of hydrogen-bond acceptors (Lipinski definition) is 3. The van der Waals surface area contributed by atoms with Gasteiger partial charge in [-0.3, -0.25) is 4.79 Å². The number of piperidine rings is 1. The van der Waals surface area contributed by atoms with Gasteiger partial charge >= 0.3 is 18.6 Å². The molecular formula is C15H17F3N2O4. The summed E-state index contributed by atoms with van der Waals surface area (Å²) in [7, 11) is 0. The number of carbonyl (C=O) groups is 2. The lowest BCUT2D eigenvalue weighted by Crippen LogP contribution is -2.47. The lowest BCUT2D eigenvalue weighted by molar-refractivity contribution is -0.143. The number of nitrogens with one attached hydrogen (secondary N) is 1. The van der Waals surface area contributed by atoms with Crippen molar-refractivity contribution >= 4 is 17.7 Å². The van der Waals surface area contributed by atoms with Crippen molar-refractivity contribution in [3.8, 4) is 5.75 Å². The third-order valence-electron chi connectivity index (χ3n) is 3.70. The van der Waals surface area contributed by atoms with Crippen LogP contribution < -0.4 is 10.1 Å². The maximum absolute atomic E-state index is 13.6. The molecule has 0 bridgehead atoms. The summed E-state index contributed by atoms with van der Waals surface area (Å²) in [6.07, 6.45) is 0.480. The molecule has 1 heterocycles. The topological polar surface area (TPSA) is 78.9 Å². The largest absolute Gasteiger partial charge is 0.481 e. The highest BCUT2D eigenvalue weighted by Crippen LogP contribution is 2.25. The number of likely N-dealkylation sites (tertiary alicyclic amines) is 1. The maximum Gasteiger partial charge on any atom is 0.387 e.